The summed E-state index contributed by atoms with van der Waals surface area (Å²) in [6, 6.07) is 12.5. The predicted octanol–water partition coefficient (Wildman–Crippen LogP) is 2.82. The normalized spacial score (nSPS) is 17.6. The van der Waals surface area contributed by atoms with Gasteiger partial charge in [0.25, 0.3) is 11.5 Å². The van der Waals surface area contributed by atoms with Crippen molar-refractivity contribution in [2.75, 3.05) is 19.6 Å². The highest BCUT2D eigenvalue weighted by Gasteiger charge is 2.23. The van der Waals surface area contributed by atoms with Crippen LogP contribution < -0.4 is 10.9 Å². The van der Waals surface area contributed by atoms with E-state index in [1.807, 2.05) is 26.0 Å². The van der Waals surface area contributed by atoms with E-state index in [0.717, 1.165) is 56.6 Å². The summed E-state index contributed by atoms with van der Waals surface area (Å²) in [5, 5.41) is 3.07. The van der Waals surface area contributed by atoms with Crippen LogP contribution in [0, 0.1) is 13.8 Å². The third-order valence-corrected chi connectivity index (χ3v) is 5.22. The molecule has 0 saturated carbocycles. The van der Waals surface area contributed by atoms with E-state index in [2.05, 4.69) is 39.5 Å². The first kappa shape index (κ1) is 19.4. The molecule has 1 saturated heterocycles. The van der Waals surface area contributed by atoms with Gasteiger partial charge in [0, 0.05) is 18.3 Å². The molecule has 1 atom stereocenters. The molecule has 1 unspecified atom stereocenters. The summed E-state index contributed by atoms with van der Waals surface area (Å²) in [5.41, 5.74) is 2.80. The average molecular weight is 367 g/mol. The number of carbonyl (C=O) groups is 1. The molecular formula is C22H29N3O2. The highest BCUT2D eigenvalue weighted by atomic mass is 16.2. The standard InChI is InChI=1S/C22H29N3O2/c1-16-14-17(2)23-21(26)20(16)22(27)24-19-11-7-13-25(15-19)12-6-10-18-8-4-3-5-9-18/h3-5,8-9,14,19H,6-7,10-13,15H2,1-2H3,(H,23,26)(H,24,27). The molecule has 1 amide bonds. The molecule has 3 rings (SSSR count). The molecule has 1 fully saturated rings. The van der Waals surface area contributed by atoms with Gasteiger partial charge in [-0.1, -0.05) is 30.3 Å². The first-order valence-corrected chi connectivity index (χ1v) is 9.80. The summed E-state index contributed by atoms with van der Waals surface area (Å²) in [6.45, 7) is 6.60. The molecule has 5 heteroatoms. The van der Waals surface area contributed by atoms with Gasteiger partial charge in [0.15, 0.2) is 0 Å². The summed E-state index contributed by atoms with van der Waals surface area (Å²) < 4.78 is 0. The topological polar surface area (TPSA) is 65.2 Å². The Kier molecular flexibility index (Phi) is 6.45. The van der Waals surface area contributed by atoms with Crippen LogP contribution in [0.1, 0.15) is 46.4 Å². The van der Waals surface area contributed by atoms with Crippen molar-refractivity contribution in [2.45, 2.75) is 45.6 Å². The fourth-order valence-corrected chi connectivity index (χ4v) is 3.92. The second-order valence-electron chi connectivity index (χ2n) is 7.54. The van der Waals surface area contributed by atoms with Crippen LogP contribution in [0.4, 0.5) is 0 Å². The molecule has 0 bridgehead atoms. The molecule has 0 spiro atoms. The number of piperidine rings is 1. The summed E-state index contributed by atoms with van der Waals surface area (Å²) in [6.07, 6.45) is 4.22. The SMILES string of the molecule is Cc1cc(C)c(C(=O)NC2CCCN(CCCc3ccccc3)C2)c(=O)[nH]1. The Morgan fingerprint density at radius 3 is 2.78 bits per heavy atom. The summed E-state index contributed by atoms with van der Waals surface area (Å²) in [4.78, 5) is 29.9. The van der Waals surface area contributed by atoms with Crippen LogP contribution in [0.25, 0.3) is 0 Å². The largest absolute Gasteiger partial charge is 0.348 e. The van der Waals surface area contributed by atoms with Gasteiger partial charge < -0.3 is 15.2 Å². The van der Waals surface area contributed by atoms with E-state index < -0.39 is 0 Å². The number of hydrogen-bond acceptors (Lipinski definition) is 3. The van der Waals surface area contributed by atoms with Gasteiger partial charge in [-0.15, -0.1) is 0 Å². The number of nitrogens with one attached hydrogen (secondary N) is 2. The van der Waals surface area contributed by atoms with Crippen LogP contribution in [-0.4, -0.2) is 41.5 Å². The van der Waals surface area contributed by atoms with E-state index in [4.69, 9.17) is 0 Å². The van der Waals surface area contributed by atoms with Crippen LogP contribution >= 0.6 is 0 Å². The molecule has 2 N–H and O–H groups in total. The maximum absolute atomic E-state index is 12.6. The second kappa shape index (κ2) is 9.00. The van der Waals surface area contributed by atoms with Gasteiger partial charge in [-0.3, -0.25) is 9.59 Å². The van der Waals surface area contributed by atoms with E-state index in [1.165, 1.54) is 5.56 Å². The van der Waals surface area contributed by atoms with Crippen LogP contribution in [0.2, 0.25) is 0 Å². The van der Waals surface area contributed by atoms with Crippen molar-refractivity contribution in [1.82, 2.24) is 15.2 Å². The second-order valence-corrected chi connectivity index (χ2v) is 7.54. The first-order chi connectivity index (χ1) is 13.0. The Morgan fingerprint density at radius 1 is 1.26 bits per heavy atom. The molecule has 1 aromatic heterocycles. The average Bonchev–Trinajstić information content (AvgIpc) is 2.62. The smallest absolute Gasteiger partial charge is 0.261 e. The number of amides is 1. The van der Waals surface area contributed by atoms with Crippen LogP contribution in [0.15, 0.2) is 41.2 Å². The van der Waals surface area contributed by atoms with Crippen molar-refractivity contribution >= 4 is 5.91 Å². The fraction of sp³-hybridized carbons (Fsp3) is 0.455. The summed E-state index contributed by atoms with van der Waals surface area (Å²) >= 11 is 0. The lowest BCUT2D eigenvalue weighted by Gasteiger charge is -2.33. The number of benzene rings is 1. The molecule has 5 nitrogen and oxygen atoms in total. The van der Waals surface area contributed by atoms with E-state index in [9.17, 15) is 9.59 Å². The molecule has 2 heterocycles. The molecular weight excluding hydrogens is 338 g/mol. The molecule has 0 radical (unpaired) electrons. The minimum absolute atomic E-state index is 0.100. The lowest BCUT2D eigenvalue weighted by atomic mass is 10.0. The van der Waals surface area contributed by atoms with Gasteiger partial charge in [-0.2, -0.15) is 0 Å². The van der Waals surface area contributed by atoms with Crippen molar-refractivity contribution < 1.29 is 4.79 Å². The number of aryl methyl sites for hydroxylation is 3. The van der Waals surface area contributed by atoms with Gasteiger partial charge in [-0.25, -0.2) is 0 Å². The van der Waals surface area contributed by atoms with Crippen molar-refractivity contribution in [3.8, 4) is 0 Å². The van der Waals surface area contributed by atoms with Crippen LogP contribution in [0.5, 0.6) is 0 Å². The van der Waals surface area contributed by atoms with E-state index in [0.29, 0.717) is 0 Å². The molecule has 27 heavy (non-hydrogen) atoms. The minimum Gasteiger partial charge on any atom is -0.348 e. The van der Waals surface area contributed by atoms with Gasteiger partial charge >= 0.3 is 0 Å². The van der Waals surface area contributed by atoms with E-state index in [1.54, 1.807) is 0 Å². The van der Waals surface area contributed by atoms with Gasteiger partial charge in [0.1, 0.15) is 5.56 Å². The molecule has 144 valence electrons. The zero-order valence-corrected chi connectivity index (χ0v) is 16.3. The fourth-order valence-electron chi connectivity index (χ4n) is 3.92. The molecule has 1 aromatic carbocycles. The third-order valence-electron chi connectivity index (χ3n) is 5.22. The monoisotopic (exact) mass is 367 g/mol. The van der Waals surface area contributed by atoms with Gasteiger partial charge in [0.2, 0.25) is 0 Å². The minimum atomic E-state index is -0.305. The van der Waals surface area contributed by atoms with Crippen LogP contribution in [0.3, 0.4) is 0 Å². The highest BCUT2D eigenvalue weighted by Crippen LogP contribution is 2.13. The molecule has 0 aliphatic carbocycles. The Bertz CT molecular complexity index is 829. The number of hydrogen-bond donors (Lipinski definition) is 2. The van der Waals surface area contributed by atoms with Crippen molar-refractivity contribution in [2.24, 2.45) is 0 Å². The summed E-state index contributed by atoms with van der Waals surface area (Å²) in [5.74, 6) is -0.259. The number of aromatic nitrogens is 1. The maximum atomic E-state index is 12.6. The van der Waals surface area contributed by atoms with Gasteiger partial charge in [0.05, 0.1) is 0 Å². The maximum Gasteiger partial charge on any atom is 0.261 e. The zero-order chi connectivity index (χ0) is 19.2. The number of H-pyrrole nitrogens is 1. The lowest BCUT2D eigenvalue weighted by Crippen LogP contribution is -2.48. The number of carbonyl (C=O) groups excluding carboxylic acids is 1. The lowest BCUT2D eigenvalue weighted by molar-refractivity contribution is 0.0901. The Balaban J connectivity index is 1.52. The van der Waals surface area contributed by atoms with Crippen LogP contribution in [-0.2, 0) is 6.42 Å². The first-order valence-electron chi connectivity index (χ1n) is 9.80. The molecule has 1 aliphatic rings. The Labute approximate surface area is 160 Å². The van der Waals surface area contributed by atoms with Crippen molar-refractivity contribution in [3.63, 3.8) is 0 Å². The number of nitrogens with zero attached hydrogens (tertiary/aromatic N) is 1. The Morgan fingerprint density at radius 2 is 2.04 bits per heavy atom. The quantitative estimate of drug-likeness (QED) is 0.825. The number of pyridine rings is 1. The van der Waals surface area contributed by atoms with Gasteiger partial charge in [-0.05, 0) is 69.8 Å². The molecule has 2 aromatic rings. The summed E-state index contributed by atoms with van der Waals surface area (Å²) in [7, 11) is 0. The third kappa shape index (κ3) is 5.30. The number of likely N-dealkylation sites (tertiary alicyclic amines) is 1. The zero-order valence-electron chi connectivity index (χ0n) is 16.3. The van der Waals surface area contributed by atoms with E-state index >= 15 is 0 Å². The predicted molar refractivity (Wildman–Crippen MR) is 108 cm³/mol. The highest BCUT2D eigenvalue weighted by molar-refractivity contribution is 5.95. The van der Waals surface area contributed by atoms with Crippen molar-refractivity contribution in [1.29, 1.82) is 0 Å². The van der Waals surface area contributed by atoms with Crippen molar-refractivity contribution in [3.05, 3.63) is 69.1 Å². The molecule has 1 aliphatic heterocycles. The Hall–Kier alpha value is -2.40. The number of aromatic amines is 1. The van der Waals surface area contributed by atoms with E-state index in [-0.39, 0.29) is 23.1 Å². The number of rotatable bonds is 6.